The molecule has 0 aromatic heterocycles. The molecule has 18 heavy (non-hydrogen) atoms. The fraction of sp³-hybridized carbons (Fsp3) is 1.00. The summed E-state index contributed by atoms with van der Waals surface area (Å²) >= 11 is 0. The lowest BCUT2D eigenvalue weighted by molar-refractivity contribution is 0.0484. The van der Waals surface area contributed by atoms with Crippen molar-refractivity contribution in [1.82, 2.24) is 15.1 Å². The molecular weight excluding hydrogens is 226 g/mol. The summed E-state index contributed by atoms with van der Waals surface area (Å²) in [5, 5.41) is 12.7. The molecule has 0 aromatic rings. The zero-order valence-electron chi connectivity index (χ0n) is 12.7. The molecule has 1 heterocycles. The second kappa shape index (κ2) is 6.85. The van der Waals surface area contributed by atoms with Crippen LogP contribution in [-0.2, 0) is 0 Å². The van der Waals surface area contributed by atoms with Gasteiger partial charge in [-0.3, -0.25) is 4.90 Å². The van der Waals surface area contributed by atoms with Crippen molar-refractivity contribution in [3.8, 4) is 0 Å². The van der Waals surface area contributed by atoms with Crippen LogP contribution in [0, 0.1) is 0 Å². The summed E-state index contributed by atoms with van der Waals surface area (Å²) in [4.78, 5) is 5.03. The molecule has 0 amide bonds. The molecule has 1 aliphatic rings. The van der Waals surface area contributed by atoms with Crippen LogP contribution in [0.1, 0.15) is 33.6 Å². The number of aliphatic hydroxyl groups is 1. The molecule has 0 saturated carbocycles. The van der Waals surface area contributed by atoms with E-state index >= 15 is 0 Å². The molecule has 3 atom stereocenters. The first-order valence-corrected chi connectivity index (χ1v) is 7.19. The van der Waals surface area contributed by atoms with Gasteiger partial charge in [0.25, 0.3) is 0 Å². The number of hydrogen-bond acceptors (Lipinski definition) is 4. The lowest BCUT2D eigenvalue weighted by Gasteiger charge is -2.44. The molecule has 1 saturated heterocycles. The van der Waals surface area contributed by atoms with Gasteiger partial charge in [0.2, 0.25) is 0 Å². The summed E-state index contributed by atoms with van der Waals surface area (Å²) in [6, 6.07) is 1.19. The quantitative estimate of drug-likeness (QED) is 0.737. The third-order valence-electron chi connectivity index (χ3n) is 4.60. The van der Waals surface area contributed by atoms with Gasteiger partial charge in [0, 0.05) is 37.3 Å². The van der Waals surface area contributed by atoms with Crippen LogP contribution >= 0.6 is 0 Å². The van der Waals surface area contributed by atoms with Crippen molar-refractivity contribution in [1.29, 1.82) is 0 Å². The number of aliphatic hydroxyl groups excluding tert-OH is 1. The van der Waals surface area contributed by atoms with Crippen LogP contribution in [0.4, 0.5) is 0 Å². The van der Waals surface area contributed by atoms with E-state index in [1.54, 1.807) is 0 Å². The molecule has 108 valence electrons. The van der Waals surface area contributed by atoms with Crippen LogP contribution < -0.4 is 5.32 Å². The Hall–Kier alpha value is -0.160. The van der Waals surface area contributed by atoms with Crippen LogP contribution in [0.2, 0.25) is 0 Å². The Labute approximate surface area is 112 Å². The first-order valence-electron chi connectivity index (χ1n) is 7.19. The number of nitrogens with zero attached hydrogens (tertiary/aromatic N) is 2. The summed E-state index contributed by atoms with van der Waals surface area (Å²) in [5.74, 6) is 0. The highest BCUT2D eigenvalue weighted by molar-refractivity contribution is 4.89. The fourth-order valence-electron chi connectivity index (χ4n) is 2.84. The summed E-state index contributed by atoms with van der Waals surface area (Å²) in [6.45, 7) is 10.3. The minimum Gasteiger partial charge on any atom is -0.394 e. The summed E-state index contributed by atoms with van der Waals surface area (Å²) in [7, 11) is 4.16. The highest BCUT2D eigenvalue weighted by Crippen LogP contribution is 2.19. The molecule has 1 fully saturated rings. The summed E-state index contributed by atoms with van der Waals surface area (Å²) in [6.07, 6.45) is 2.20. The minimum absolute atomic E-state index is 0.162. The molecule has 1 rings (SSSR count). The van der Waals surface area contributed by atoms with Gasteiger partial charge in [-0.2, -0.15) is 0 Å². The monoisotopic (exact) mass is 257 g/mol. The Morgan fingerprint density at radius 1 is 1.44 bits per heavy atom. The van der Waals surface area contributed by atoms with Crippen molar-refractivity contribution >= 4 is 0 Å². The second-order valence-electron chi connectivity index (χ2n) is 6.06. The Morgan fingerprint density at radius 3 is 2.61 bits per heavy atom. The molecule has 0 radical (unpaired) electrons. The lowest BCUT2D eigenvalue weighted by Crippen LogP contribution is -2.56. The number of hydrogen-bond donors (Lipinski definition) is 2. The van der Waals surface area contributed by atoms with Crippen molar-refractivity contribution in [2.24, 2.45) is 0 Å². The Bertz CT molecular complexity index is 243. The van der Waals surface area contributed by atoms with Crippen LogP contribution in [0.5, 0.6) is 0 Å². The van der Waals surface area contributed by atoms with Crippen molar-refractivity contribution in [3.63, 3.8) is 0 Å². The molecule has 4 nitrogen and oxygen atoms in total. The molecule has 1 aliphatic heterocycles. The van der Waals surface area contributed by atoms with Crippen LogP contribution in [-0.4, -0.2) is 72.9 Å². The largest absolute Gasteiger partial charge is 0.394 e. The van der Waals surface area contributed by atoms with Crippen molar-refractivity contribution in [2.45, 2.75) is 51.2 Å². The van der Waals surface area contributed by atoms with E-state index in [9.17, 15) is 5.11 Å². The van der Waals surface area contributed by atoms with Crippen LogP contribution in [0.25, 0.3) is 0 Å². The molecule has 4 heteroatoms. The highest BCUT2D eigenvalue weighted by atomic mass is 16.3. The van der Waals surface area contributed by atoms with E-state index in [-0.39, 0.29) is 12.1 Å². The lowest BCUT2D eigenvalue weighted by atomic mass is 9.93. The van der Waals surface area contributed by atoms with Crippen molar-refractivity contribution in [3.05, 3.63) is 0 Å². The van der Waals surface area contributed by atoms with Crippen LogP contribution in [0.15, 0.2) is 0 Å². The predicted octanol–water partition coefficient (Wildman–Crippen LogP) is 0.761. The molecule has 3 unspecified atom stereocenters. The third kappa shape index (κ3) is 3.92. The van der Waals surface area contributed by atoms with Gasteiger partial charge in [-0.05, 0) is 40.8 Å². The van der Waals surface area contributed by atoms with Gasteiger partial charge < -0.3 is 15.3 Å². The van der Waals surface area contributed by atoms with Gasteiger partial charge in [0.05, 0.1) is 6.61 Å². The number of piperazine rings is 1. The SMILES string of the molecule is CCC1CN(C(C)CC(C)(CO)NC)CCN1C. The maximum Gasteiger partial charge on any atom is 0.0611 e. The Balaban J connectivity index is 2.54. The molecule has 2 N–H and O–H groups in total. The maximum absolute atomic E-state index is 9.48. The smallest absolute Gasteiger partial charge is 0.0611 e. The number of rotatable bonds is 6. The molecule has 0 bridgehead atoms. The second-order valence-corrected chi connectivity index (χ2v) is 6.06. The van der Waals surface area contributed by atoms with E-state index in [4.69, 9.17) is 0 Å². The molecule has 0 aromatic carbocycles. The van der Waals surface area contributed by atoms with Gasteiger partial charge in [-0.15, -0.1) is 0 Å². The maximum atomic E-state index is 9.48. The van der Waals surface area contributed by atoms with Gasteiger partial charge in [-0.25, -0.2) is 0 Å². The van der Waals surface area contributed by atoms with Gasteiger partial charge in [-0.1, -0.05) is 6.92 Å². The average molecular weight is 257 g/mol. The predicted molar refractivity (Wildman–Crippen MR) is 76.9 cm³/mol. The third-order valence-corrected chi connectivity index (χ3v) is 4.60. The zero-order chi connectivity index (χ0) is 13.8. The first-order chi connectivity index (χ1) is 8.45. The first kappa shape index (κ1) is 15.9. The topological polar surface area (TPSA) is 38.7 Å². The van der Waals surface area contributed by atoms with E-state index in [0.29, 0.717) is 12.1 Å². The zero-order valence-corrected chi connectivity index (χ0v) is 12.7. The Kier molecular flexibility index (Phi) is 6.05. The van der Waals surface area contributed by atoms with Gasteiger partial charge >= 0.3 is 0 Å². The van der Waals surface area contributed by atoms with Crippen LogP contribution in [0.3, 0.4) is 0 Å². The van der Waals surface area contributed by atoms with E-state index in [1.165, 1.54) is 6.42 Å². The van der Waals surface area contributed by atoms with Crippen molar-refractivity contribution < 1.29 is 5.11 Å². The minimum atomic E-state index is -0.162. The average Bonchev–Trinajstić information content (AvgIpc) is 2.39. The van der Waals surface area contributed by atoms with Gasteiger partial charge in [0.15, 0.2) is 0 Å². The molecule has 0 spiro atoms. The standard InChI is InChI=1S/C14H31N3O/c1-6-13-10-17(8-7-16(13)5)12(2)9-14(3,11-18)15-4/h12-13,15,18H,6-11H2,1-5H3. The van der Waals surface area contributed by atoms with E-state index in [0.717, 1.165) is 26.1 Å². The molecule has 0 aliphatic carbocycles. The van der Waals surface area contributed by atoms with E-state index in [1.807, 2.05) is 7.05 Å². The van der Waals surface area contributed by atoms with Gasteiger partial charge in [0.1, 0.15) is 0 Å². The molecular formula is C14H31N3O. The summed E-state index contributed by atoms with van der Waals surface area (Å²) in [5.41, 5.74) is -0.162. The summed E-state index contributed by atoms with van der Waals surface area (Å²) < 4.78 is 0. The number of nitrogens with one attached hydrogen (secondary N) is 1. The van der Waals surface area contributed by atoms with Crippen molar-refractivity contribution in [2.75, 3.05) is 40.3 Å². The number of likely N-dealkylation sites (N-methyl/N-ethyl adjacent to an activating group) is 2. The van der Waals surface area contributed by atoms with E-state index < -0.39 is 0 Å². The van der Waals surface area contributed by atoms with E-state index in [2.05, 4.69) is 42.9 Å². The normalized spacial score (nSPS) is 28.0. The Morgan fingerprint density at radius 2 is 2.11 bits per heavy atom. The highest BCUT2D eigenvalue weighted by Gasteiger charge is 2.30. The fourth-order valence-corrected chi connectivity index (χ4v) is 2.84.